The molecule has 1 nitrogen and oxygen atoms in total. The predicted octanol–water partition coefficient (Wildman–Crippen LogP) is 4.00. The van der Waals surface area contributed by atoms with Gasteiger partial charge >= 0.3 is 0 Å². The van der Waals surface area contributed by atoms with E-state index in [9.17, 15) is 0 Å². The molecule has 18 heavy (non-hydrogen) atoms. The molecule has 2 rings (SSSR count). The summed E-state index contributed by atoms with van der Waals surface area (Å²) in [5.41, 5.74) is 5.27. The number of hydrogen-bond acceptors (Lipinski definition) is 1. The minimum atomic E-state index is 0.288. The van der Waals surface area contributed by atoms with E-state index >= 15 is 0 Å². The highest BCUT2D eigenvalue weighted by atomic mass is 14.9. The third-order valence-corrected chi connectivity index (χ3v) is 3.19. The average molecular weight is 239 g/mol. The quantitative estimate of drug-likeness (QED) is 0.850. The van der Waals surface area contributed by atoms with Gasteiger partial charge in [-0.05, 0) is 31.5 Å². The predicted molar refractivity (Wildman–Crippen MR) is 77.9 cm³/mol. The summed E-state index contributed by atoms with van der Waals surface area (Å²) in [5.74, 6) is 0. The molecule has 1 unspecified atom stereocenters. The molecule has 94 valence electrons. The van der Waals surface area contributed by atoms with Crippen LogP contribution in [0.15, 0.2) is 48.5 Å². The maximum Gasteiger partial charge on any atom is 0.0576 e. The molecule has 0 aromatic heterocycles. The van der Waals surface area contributed by atoms with Crippen molar-refractivity contribution in [3.8, 4) is 0 Å². The highest BCUT2D eigenvalue weighted by molar-refractivity contribution is 5.35. The first-order chi connectivity index (χ1) is 8.70. The normalized spacial score (nSPS) is 12.4. The number of hydrogen-bond donors (Lipinski definition) is 1. The molecule has 0 aliphatic heterocycles. The van der Waals surface area contributed by atoms with Gasteiger partial charge in [0.25, 0.3) is 0 Å². The maximum atomic E-state index is 3.56. The van der Waals surface area contributed by atoms with Gasteiger partial charge in [-0.25, -0.2) is 0 Å². The van der Waals surface area contributed by atoms with Gasteiger partial charge in [0, 0.05) is 0 Å². The van der Waals surface area contributed by atoms with Crippen LogP contribution in [0.5, 0.6) is 0 Å². The molecular weight excluding hydrogens is 218 g/mol. The summed E-state index contributed by atoms with van der Waals surface area (Å²) in [6.45, 7) is 7.38. The molecule has 0 fully saturated rings. The first-order valence-corrected chi connectivity index (χ1v) is 6.57. The first kappa shape index (κ1) is 12.8. The molecule has 0 saturated carbocycles. The summed E-state index contributed by atoms with van der Waals surface area (Å²) in [6.07, 6.45) is 0. The molecule has 0 saturated heterocycles. The van der Waals surface area contributed by atoms with E-state index in [1.165, 1.54) is 22.3 Å². The largest absolute Gasteiger partial charge is 0.307 e. The van der Waals surface area contributed by atoms with Gasteiger partial charge in [0.2, 0.25) is 0 Å². The standard InChI is InChI=1S/C17H21N/c1-4-18-17(15-10-8-13(2)9-11-15)16-7-5-6-14(3)12-16/h5-12,17-18H,4H2,1-3H3. The third kappa shape index (κ3) is 2.99. The van der Waals surface area contributed by atoms with Crippen LogP contribution in [0.4, 0.5) is 0 Å². The van der Waals surface area contributed by atoms with Crippen molar-refractivity contribution in [2.45, 2.75) is 26.8 Å². The van der Waals surface area contributed by atoms with Crippen molar-refractivity contribution in [1.82, 2.24) is 5.32 Å². The van der Waals surface area contributed by atoms with Crippen molar-refractivity contribution < 1.29 is 0 Å². The maximum absolute atomic E-state index is 3.56. The number of rotatable bonds is 4. The lowest BCUT2D eigenvalue weighted by Gasteiger charge is -2.19. The summed E-state index contributed by atoms with van der Waals surface area (Å²) in [6, 6.07) is 17.8. The second-order valence-electron chi connectivity index (χ2n) is 4.82. The van der Waals surface area contributed by atoms with Gasteiger partial charge in [-0.2, -0.15) is 0 Å². The van der Waals surface area contributed by atoms with Crippen LogP contribution >= 0.6 is 0 Å². The summed E-state index contributed by atoms with van der Waals surface area (Å²) in [4.78, 5) is 0. The minimum Gasteiger partial charge on any atom is -0.307 e. The van der Waals surface area contributed by atoms with Crippen LogP contribution in [-0.2, 0) is 0 Å². The van der Waals surface area contributed by atoms with Crippen LogP contribution in [0.25, 0.3) is 0 Å². The summed E-state index contributed by atoms with van der Waals surface area (Å²) in [5, 5.41) is 3.56. The molecule has 2 aromatic rings. The van der Waals surface area contributed by atoms with Gasteiger partial charge in [0.05, 0.1) is 6.04 Å². The molecule has 0 radical (unpaired) electrons. The highest BCUT2D eigenvalue weighted by Gasteiger charge is 2.12. The average Bonchev–Trinajstić information content (AvgIpc) is 2.37. The van der Waals surface area contributed by atoms with E-state index in [0.717, 1.165) is 6.54 Å². The molecule has 0 bridgehead atoms. The Morgan fingerprint density at radius 1 is 0.889 bits per heavy atom. The smallest absolute Gasteiger partial charge is 0.0576 e. The monoisotopic (exact) mass is 239 g/mol. The van der Waals surface area contributed by atoms with E-state index < -0.39 is 0 Å². The minimum absolute atomic E-state index is 0.288. The van der Waals surface area contributed by atoms with Gasteiger partial charge < -0.3 is 5.32 Å². The van der Waals surface area contributed by atoms with Crippen molar-refractivity contribution in [3.63, 3.8) is 0 Å². The van der Waals surface area contributed by atoms with Crippen molar-refractivity contribution in [2.75, 3.05) is 6.54 Å². The molecule has 2 aromatic carbocycles. The fourth-order valence-corrected chi connectivity index (χ4v) is 2.24. The lowest BCUT2D eigenvalue weighted by Crippen LogP contribution is -2.22. The highest BCUT2D eigenvalue weighted by Crippen LogP contribution is 2.23. The Morgan fingerprint density at radius 3 is 2.22 bits per heavy atom. The van der Waals surface area contributed by atoms with Gasteiger partial charge in [0.1, 0.15) is 0 Å². The lowest BCUT2D eigenvalue weighted by molar-refractivity contribution is 0.630. The van der Waals surface area contributed by atoms with Crippen LogP contribution in [0.3, 0.4) is 0 Å². The molecule has 1 N–H and O–H groups in total. The molecule has 0 heterocycles. The van der Waals surface area contributed by atoms with Gasteiger partial charge in [-0.1, -0.05) is 66.6 Å². The van der Waals surface area contributed by atoms with Gasteiger partial charge in [0.15, 0.2) is 0 Å². The fourth-order valence-electron chi connectivity index (χ4n) is 2.24. The second kappa shape index (κ2) is 5.83. The zero-order valence-corrected chi connectivity index (χ0v) is 11.4. The van der Waals surface area contributed by atoms with Crippen LogP contribution in [0.2, 0.25) is 0 Å². The van der Waals surface area contributed by atoms with E-state index in [1.807, 2.05) is 0 Å². The molecule has 0 amide bonds. The van der Waals surface area contributed by atoms with E-state index in [4.69, 9.17) is 0 Å². The van der Waals surface area contributed by atoms with Crippen molar-refractivity contribution in [2.24, 2.45) is 0 Å². The molecule has 0 aliphatic carbocycles. The topological polar surface area (TPSA) is 12.0 Å². The van der Waals surface area contributed by atoms with E-state index in [2.05, 4.69) is 74.6 Å². The van der Waals surface area contributed by atoms with Gasteiger partial charge in [-0.3, -0.25) is 0 Å². The first-order valence-electron chi connectivity index (χ1n) is 6.57. The van der Waals surface area contributed by atoms with Crippen molar-refractivity contribution in [1.29, 1.82) is 0 Å². The second-order valence-corrected chi connectivity index (χ2v) is 4.82. The molecule has 0 spiro atoms. The Kier molecular flexibility index (Phi) is 4.16. The van der Waals surface area contributed by atoms with Crippen molar-refractivity contribution >= 4 is 0 Å². The SMILES string of the molecule is CCNC(c1ccc(C)cc1)c1cccc(C)c1. The van der Waals surface area contributed by atoms with E-state index in [1.54, 1.807) is 0 Å². The van der Waals surface area contributed by atoms with Crippen LogP contribution in [0.1, 0.15) is 35.2 Å². The Bertz CT molecular complexity index is 499. The van der Waals surface area contributed by atoms with Crippen LogP contribution < -0.4 is 5.32 Å². The van der Waals surface area contributed by atoms with Crippen molar-refractivity contribution in [3.05, 3.63) is 70.8 Å². The summed E-state index contributed by atoms with van der Waals surface area (Å²) >= 11 is 0. The van der Waals surface area contributed by atoms with E-state index in [0.29, 0.717) is 0 Å². The van der Waals surface area contributed by atoms with Gasteiger partial charge in [-0.15, -0.1) is 0 Å². The summed E-state index contributed by atoms with van der Waals surface area (Å²) in [7, 11) is 0. The van der Waals surface area contributed by atoms with Crippen LogP contribution in [0, 0.1) is 13.8 Å². The fraction of sp³-hybridized carbons (Fsp3) is 0.294. The summed E-state index contributed by atoms with van der Waals surface area (Å²) < 4.78 is 0. The van der Waals surface area contributed by atoms with Crippen LogP contribution in [-0.4, -0.2) is 6.54 Å². The Balaban J connectivity index is 2.36. The number of benzene rings is 2. The lowest BCUT2D eigenvalue weighted by atomic mass is 9.96. The Hall–Kier alpha value is -1.60. The molecular formula is C17H21N. The van der Waals surface area contributed by atoms with E-state index in [-0.39, 0.29) is 6.04 Å². The zero-order valence-electron chi connectivity index (χ0n) is 11.4. The zero-order chi connectivity index (χ0) is 13.0. The Labute approximate surface area is 110 Å². The number of nitrogens with one attached hydrogen (secondary N) is 1. The Morgan fingerprint density at radius 2 is 1.61 bits per heavy atom. The molecule has 1 heteroatoms. The molecule has 0 aliphatic rings. The third-order valence-electron chi connectivity index (χ3n) is 3.19. The number of aryl methyl sites for hydroxylation is 2. The molecule has 1 atom stereocenters.